The molecule has 0 aromatic carbocycles. The van der Waals surface area contributed by atoms with E-state index in [0.717, 1.165) is 25.2 Å². The van der Waals surface area contributed by atoms with Crippen LogP contribution >= 0.6 is 0 Å². The minimum absolute atomic E-state index is 0.0608. The second-order valence-corrected chi connectivity index (χ2v) is 6.68. The Labute approximate surface area is 118 Å². The standard InChI is InChI=1S/C16H30N2O/c1-5-7-14-16(19)18(15(17-14)11(3)4)13(6-2)10-12-8-9-12/h11-15,17H,5-10H2,1-4H3. The Kier molecular flexibility index (Phi) is 4.88. The summed E-state index contributed by atoms with van der Waals surface area (Å²) in [6.07, 6.45) is 7.33. The molecule has 0 radical (unpaired) electrons. The fraction of sp³-hybridized carbons (Fsp3) is 0.938. The molecule has 1 saturated heterocycles. The highest BCUT2D eigenvalue weighted by molar-refractivity contribution is 5.84. The van der Waals surface area contributed by atoms with E-state index in [-0.39, 0.29) is 12.2 Å². The number of nitrogens with one attached hydrogen (secondary N) is 1. The monoisotopic (exact) mass is 266 g/mol. The summed E-state index contributed by atoms with van der Waals surface area (Å²) in [4.78, 5) is 14.9. The molecule has 3 atom stereocenters. The molecule has 0 bridgehead atoms. The fourth-order valence-electron chi connectivity index (χ4n) is 3.31. The van der Waals surface area contributed by atoms with Crippen molar-refractivity contribution in [3.63, 3.8) is 0 Å². The van der Waals surface area contributed by atoms with Gasteiger partial charge in [0.05, 0.1) is 12.2 Å². The number of amides is 1. The van der Waals surface area contributed by atoms with Crippen LogP contribution in [-0.2, 0) is 4.79 Å². The van der Waals surface area contributed by atoms with Gasteiger partial charge in [-0.25, -0.2) is 0 Å². The topological polar surface area (TPSA) is 32.3 Å². The molecule has 1 aliphatic carbocycles. The highest BCUT2D eigenvalue weighted by Crippen LogP contribution is 2.37. The molecule has 3 nitrogen and oxygen atoms in total. The van der Waals surface area contributed by atoms with Gasteiger partial charge in [-0.2, -0.15) is 0 Å². The lowest BCUT2D eigenvalue weighted by Gasteiger charge is -2.34. The molecule has 2 rings (SSSR count). The maximum Gasteiger partial charge on any atom is 0.241 e. The summed E-state index contributed by atoms with van der Waals surface area (Å²) in [5.74, 6) is 1.72. The Morgan fingerprint density at radius 2 is 2.00 bits per heavy atom. The Morgan fingerprint density at radius 1 is 1.32 bits per heavy atom. The van der Waals surface area contributed by atoms with Crippen molar-refractivity contribution in [2.75, 3.05) is 0 Å². The molecule has 0 aromatic rings. The van der Waals surface area contributed by atoms with Crippen molar-refractivity contribution in [3.05, 3.63) is 0 Å². The molecular formula is C16H30N2O. The highest BCUT2D eigenvalue weighted by Gasteiger charge is 2.43. The van der Waals surface area contributed by atoms with Crippen LogP contribution in [0.3, 0.4) is 0 Å². The predicted molar refractivity (Wildman–Crippen MR) is 78.7 cm³/mol. The number of hydrogen-bond acceptors (Lipinski definition) is 2. The van der Waals surface area contributed by atoms with E-state index in [2.05, 4.69) is 37.9 Å². The van der Waals surface area contributed by atoms with Crippen LogP contribution in [0.2, 0.25) is 0 Å². The Hall–Kier alpha value is -0.570. The third-order valence-electron chi connectivity index (χ3n) is 4.60. The van der Waals surface area contributed by atoms with Gasteiger partial charge in [0.2, 0.25) is 5.91 Å². The molecule has 2 aliphatic rings. The fourth-order valence-corrected chi connectivity index (χ4v) is 3.31. The molecule has 2 fully saturated rings. The SMILES string of the molecule is CCCC1NC(C(C)C)N(C(CC)CC2CC2)C1=O. The third kappa shape index (κ3) is 3.31. The second kappa shape index (κ2) is 6.25. The smallest absolute Gasteiger partial charge is 0.241 e. The van der Waals surface area contributed by atoms with E-state index in [1.807, 2.05) is 0 Å². The van der Waals surface area contributed by atoms with E-state index in [0.29, 0.717) is 17.9 Å². The first-order chi connectivity index (χ1) is 9.08. The molecule has 0 aromatic heterocycles. The van der Waals surface area contributed by atoms with Crippen LogP contribution in [0.15, 0.2) is 0 Å². The lowest BCUT2D eigenvalue weighted by atomic mass is 10.0. The molecule has 1 saturated carbocycles. The van der Waals surface area contributed by atoms with E-state index >= 15 is 0 Å². The van der Waals surface area contributed by atoms with Crippen LogP contribution in [0.4, 0.5) is 0 Å². The Balaban J connectivity index is 2.10. The molecule has 1 aliphatic heterocycles. The van der Waals surface area contributed by atoms with Gasteiger partial charge in [0, 0.05) is 6.04 Å². The Bertz CT molecular complexity index is 312. The van der Waals surface area contributed by atoms with Gasteiger partial charge in [-0.1, -0.05) is 47.0 Å². The first kappa shape index (κ1) is 14.8. The maximum absolute atomic E-state index is 12.7. The molecule has 19 heavy (non-hydrogen) atoms. The van der Waals surface area contributed by atoms with E-state index < -0.39 is 0 Å². The van der Waals surface area contributed by atoms with Gasteiger partial charge in [-0.3, -0.25) is 10.1 Å². The highest BCUT2D eigenvalue weighted by atomic mass is 16.2. The summed E-state index contributed by atoms with van der Waals surface area (Å²) in [6, 6.07) is 0.507. The molecule has 1 heterocycles. The molecule has 3 unspecified atom stereocenters. The number of carbonyl (C=O) groups excluding carboxylic acids is 1. The lowest BCUT2D eigenvalue weighted by Crippen LogP contribution is -2.47. The molecule has 3 heteroatoms. The van der Waals surface area contributed by atoms with E-state index in [9.17, 15) is 4.79 Å². The van der Waals surface area contributed by atoms with Crippen molar-refractivity contribution in [2.45, 2.75) is 84.5 Å². The second-order valence-electron chi connectivity index (χ2n) is 6.68. The van der Waals surface area contributed by atoms with E-state index in [4.69, 9.17) is 0 Å². The first-order valence-electron chi connectivity index (χ1n) is 8.16. The number of hydrogen-bond donors (Lipinski definition) is 1. The van der Waals surface area contributed by atoms with Crippen LogP contribution < -0.4 is 5.32 Å². The van der Waals surface area contributed by atoms with Gasteiger partial charge in [0.25, 0.3) is 0 Å². The summed E-state index contributed by atoms with van der Waals surface area (Å²) in [6.45, 7) is 8.82. The normalized spacial score (nSPS) is 29.3. The van der Waals surface area contributed by atoms with Gasteiger partial charge < -0.3 is 4.90 Å². The molecule has 110 valence electrons. The molecule has 1 N–H and O–H groups in total. The van der Waals surface area contributed by atoms with Crippen molar-refractivity contribution in [2.24, 2.45) is 11.8 Å². The van der Waals surface area contributed by atoms with Crippen molar-refractivity contribution in [1.29, 1.82) is 0 Å². The van der Waals surface area contributed by atoms with Gasteiger partial charge in [0.15, 0.2) is 0 Å². The maximum atomic E-state index is 12.7. The number of rotatable bonds is 7. The van der Waals surface area contributed by atoms with Crippen LogP contribution in [0.1, 0.15) is 66.2 Å². The average molecular weight is 266 g/mol. The zero-order valence-corrected chi connectivity index (χ0v) is 13.0. The van der Waals surface area contributed by atoms with Crippen molar-refractivity contribution in [1.82, 2.24) is 10.2 Å². The van der Waals surface area contributed by atoms with Crippen molar-refractivity contribution < 1.29 is 4.79 Å². The summed E-state index contributed by atoms with van der Waals surface area (Å²) in [5, 5.41) is 3.58. The largest absolute Gasteiger partial charge is 0.323 e. The van der Waals surface area contributed by atoms with Crippen LogP contribution in [0, 0.1) is 11.8 Å². The zero-order chi connectivity index (χ0) is 14.0. The summed E-state index contributed by atoms with van der Waals surface area (Å²) >= 11 is 0. The minimum atomic E-state index is 0.0608. The van der Waals surface area contributed by atoms with Crippen molar-refractivity contribution in [3.8, 4) is 0 Å². The number of carbonyl (C=O) groups is 1. The predicted octanol–water partition coefficient (Wildman–Crippen LogP) is 3.15. The average Bonchev–Trinajstić information content (AvgIpc) is 3.13. The van der Waals surface area contributed by atoms with Crippen LogP contribution in [0.25, 0.3) is 0 Å². The summed E-state index contributed by atoms with van der Waals surface area (Å²) in [7, 11) is 0. The minimum Gasteiger partial charge on any atom is -0.323 e. The third-order valence-corrected chi connectivity index (χ3v) is 4.60. The molecular weight excluding hydrogens is 236 g/mol. The summed E-state index contributed by atoms with van der Waals surface area (Å²) in [5.41, 5.74) is 0. The van der Waals surface area contributed by atoms with Crippen molar-refractivity contribution >= 4 is 5.91 Å². The van der Waals surface area contributed by atoms with E-state index in [1.165, 1.54) is 19.3 Å². The zero-order valence-electron chi connectivity index (χ0n) is 13.0. The molecule has 1 amide bonds. The lowest BCUT2D eigenvalue weighted by molar-refractivity contribution is -0.133. The van der Waals surface area contributed by atoms with Gasteiger partial charge in [-0.05, 0) is 31.1 Å². The first-order valence-corrected chi connectivity index (χ1v) is 8.16. The molecule has 0 spiro atoms. The van der Waals surface area contributed by atoms with Gasteiger partial charge in [-0.15, -0.1) is 0 Å². The van der Waals surface area contributed by atoms with E-state index in [1.54, 1.807) is 0 Å². The Morgan fingerprint density at radius 3 is 2.47 bits per heavy atom. The van der Waals surface area contributed by atoms with Gasteiger partial charge in [0.1, 0.15) is 0 Å². The number of nitrogens with zero attached hydrogens (tertiary/aromatic N) is 1. The quantitative estimate of drug-likeness (QED) is 0.768. The van der Waals surface area contributed by atoms with Crippen LogP contribution in [-0.4, -0.2) is 29.1 Å². The summed E-state index contributed by atoms with van der Waals surface area (Å²) < 4.78 is 0. The van der Waals surface area contributed by atoms with Gasteiger partial charge >= 0.3 is 0 Å². The van der Waals surface area contributed by atoms with Crippen LogP contribution in [0.5, 0.6) is 0 Å².